The van der Waals surface area contributed by atoms with Gasteiger partial charge in [0, 0.05) is 6.54 Å². The summed E-state index contributed by atoms with van der Waals surface area (Å²) in [5.74, 6) is -1.00. The van der Waals surface area contributed by atoms with Crippen LogP contribution in [0.5, 0.6) is 0 Å². The van der Waals surface area contributed by atoms with Crippen LogP contribution in [0.2, 0.25) is 0 Å². The van der Waals surface area contributed by atoms with Crippen molar-refractivity contribution in [1.82, 2.24) is 4.90 Å². The van der Waals surface area contributed by atoms with Crippen LogP contribution in [-0.2, 0) is 9.59 Å². The first kappa shape index (κ1) is 14.2. The lowest BCUT2D eigenvalue weighted by Gasteiger charge is -2.27. The maximum Gasteiger partial charge on any atom is 0.331 e. The fraction of sp³-hybridized carbons (Fsp3) is 0.429. The highest BCUT2D eigenvalue weighted by Gasteiger charge is 2.28. The highest BCUT2D eigenvalue weighted by atomic mass is 16.4. The molecule has 0 spiro atoms. The molecule has 0 aliphatic carbocycles. The van der Waals surface area contributed by atoms with Crippen molar-refractivity contribution >= 4 is 12.4 Å². The predicted octanol–water partition coefficient (Wildman–Crippen LogP) is 2.22. The van der Waals surface area contributed by atoms with E-state index in [4.69, 9.17) is 0 Å². The van der Waals surface area contributed by atoms with E-state index in [9.17, 15) is 14.7 Å². The number of rotatable bonds is 5. The molecule has 1 amide bonds. The number of carboxylic acid groups (broad SMARTS) is 1. The van der Waals surface area contributed by atoms with Crippen LogP contribution >= 0.6 is 0 Å². The van der Waals surface area contributed by atoms with E-state index < -0.39 is 12.0 Å². The first-order valence-corrected chi connectivity index (χ1v) is 5.94. The number of carbonyl (C=O) groups excluding carboxylic acids is 1. The summed E-state index contributed by atoms with van der Waals surface area (Å²) in [4.78, 5) is 23.8. The van der Waals surface area contributed by atoms with Gasteiger partial charge in [0.1, 0.15) is 0 Å². The Bertz CT molecular complexity index is 445. The SMILES string of the molecule is CCN(C=O)C(C(=O)O)c1c(C)cc(C)cc1C. The minimum atomic E-state index is -1.00. The molecule has 1 N–H and O–H groups in total. The number of carbonyl (C=O) groups is 2. The van der Waals surface area contributed by atoms with Crippen molar-refractivity contribution in [1.29, 1.82) is 0 Å². The molecule has 4 nitrogen and oxygen atoms in total. The third kappa shape index (κ3) is 2.70. The molecule has 0 saturated heterocycles. The van der Waals surface area contributed by atoms with Crippen molar-refractivity contribution in [3.63, 3.8) is 0 Å². The number of carboxylic acids is 1. The fourth-order valence-electron chi connectivity index (χ4n) is 2.37. The molecular formula is C14H19NO3. The van der Waals surface area contributed by atoms with E-state index in [-0.39, 0.29) is 0 Å². The number of nitrogens with zero attached hydrogens (tertiary/aromatic N) is 1. The van der Waals surface area contributed by atoms with Gasteiger partial charge in [-0.2, -0.15) is 0 Å². The van der Waals surface area contributed by atoms with Crippen LogP contribution in [0.15, 0.2) is 12.1 Å². The molecule has 0 fully saturated rings. The van der Waals surface area contributed by atoms with Crippen molar-refractivity contribution in [3.05, 3.63) is 34.4 Å². The van der Waals surface area contributed by atoms with Crippen LogP contribution in [-0.4, -0.2) is 28.9 Å². The highest BCUT2D eigenvalue weighted by molar-refractivity contribution is 5.79. The Kier molecular flexibility index (Phi) is 4.48. The second-order valence-electron chi connectivity index (χ2n) is 4.49. The van der Waals surface area contributed by atoms with Crippen LogP contribution in [0.25, 0.3) is 0 Å². The zero-order valence-corrected chi connectivity index (χ0v) is 11.2. The van der Waals surface area contributed by atoms with Gasteiger partial charge in [0.05, 0.1) is 0 Å². The van der Waals surface area contributed by atoms with Crippen molar-refractivity contribution in [2.75, 3.05) is 6.54 Å². The van der Waals surface area contributed by atoms with E-state index in [0.717, 1.165) is 16.7 Å². The zero-order chi connectivity index (χ0) is 13.9. The van der Waals surface area contributed by atoms with Gasteiger partial charge in [-0.05, 0) is 44.4 Å². The minimum absolute atomic E-state index is 0.368. The Morgan fingerprint density at radius 3 is 2.17 bits per heavy atom. The number of likely N-dealkylation sites (N-methyl/N-ethyl adjacent to an activating group) is 1. The fourth-order valence-corrected chi connectivity index (χ4v) is 2.37. The summed E-state index contributed by atoms with van der Waals surface area (Å²) in [5.41, 5.74) is 3.61. The van der Waals surface area contributed by atoms with Crippen LogP contribution < -0.4 is 0 Å². The van der Waals surface area contributed by atoms with E-state index in [1.165, 1.54) is 4.90 Å². The Labute approximate surface area is 107 Å². The standard InChI is InChI=1S/C14H19NO3/c1-5-15(8-16)13(14(17)18)12-10(3)6-9(2)7-11(12)4/h6-8,13H,5H2,1-4H3,(H,17,18). The second-order valence-corrected chi connectivity index (χ2v) is 4.49. The number of aliphatic carboxylic acids is 1. The van der Waals surface area contributed by atoms with Gasteiger partial charge < -0.3 is 10.0 Å². The molecule has 0 radical (unpaired) electrons. The van der Waals surface area contributed by atoms with Crippen LogP contribution in [0.1, 0.15) is 35.2 Å². The van der Waals surface area contributed by atoms with E-state index in [2.05, 4.69) is 0 Å². The third-order valence-electron chi connectivity index (χ3n) is 3.08. The predicted molar refractivity (Wildman–Crippen MR) is 69.5 cm³/mol. The van der Waals surface area contributed by atoms with Gasteiger partial charge in [-0.25, -0.2) is 4.79 Å². The highest BCUT2D eigenvalue weighted by Crippen LogP contribution is 2.27. The topological polar surface area (TPSA) is 57.6 Å². The Balaban J connectivity index is 3.39. The van der Waals surface area contributed by atoms with Gasteiger partial charge in [-0.3, -0.25) is 4.79 Å². The zero-order valence-electron chi connectivity index (χ0n) is 11.2. The maximum atomic E-state index is 11.4. The number of benzene rings is 1. The molecule has 4 heteroatoms. The second kappa shape index (κ2) is 5.67. The Morgan fingerprint density at radius 1 is 1.33 bits per heavy atom. The average Bonchev–Trinajstić information content (AvgIpc) is 2.26. The molecule has 0 bridgehead atoms. The molecule has 0 aromatic heterocycles. The quantitative estimate of drug-likeness (QED) is 0.814. The molecular weight excluding hydrogens is 230 g/mol. The smallest absolute Gasteiger partial charge is 0.331 e. The van der Waals surface area contributed by atoms with Crippen LogP contribution in [0, 0.1) is 20.8 Å². The average molecular weight is 249 g/mol. The molecule has 0 heterocycles. The lowest BCUT2D eigenvalue weighted by Crippen LogP contribution is -2.34. The van der Waals surface area contributed by atoms with Crippen molar-refractivity contribution in [2.24, 2.45) is 0 Å². The van der Waals surface area contributed by atoms with Crippen LogP contribution in [0.4, 0.5) is 0 Å². The summed E-state index contributed by atoms with van der Waals surface area (Å²) < 4.78 is 0. The summed E-state index contributed by atoms with van der Waals surface area (Å²) in [6.45, 7) is 7.86. The lowest BCUT2D eigenvalue weighted by molar-refractivity contribution is -0.146. The molecule has 1 aromatic carbocycles. The maximum absolute atomic E-state index is 11.4. The largest absolute Gasteiger partial charge is 0.479 e. The summed E-state index contributed by atoms with van der Waals surface area (Å²) in [7, 11) is 0. The monoisotopic (exact) mass is 249 g/mol. The molecule has 1 aromatic rings. The summed E-state index contributed by atoms with van der Waals surface area (Å²) in [6, 6.07) is 2.97. The molecule has 0 saturated carbocycles. The van der Waals surface area contributed by atoms with Gasteiger partial charge >= 0.3 is 5.97 Å². The minimum Gasteiger partial charge on any atom is -0.479 e. The van der Waals surface area contributed by atoms with E-state index in [0.29, 0.717) is 18.5 Å². The molecule has 0 aliphatic heterocycles. The van der Waals surface area contributed by atoms with Gasteiger partial charge in [0.25, 0.3) is 0 Å². The van der Waals surface area contributed by atoms with Gasteiger partial charge in [0.15, 0.2) is 6.04 Å². The Hall–Kier alpha value is -1.84. The molecule has 1 rings (SSSR count). The van der Waals surface area contributed by atoms with Crippen molar-refractivity contribution in [2.45, 2.75) is 33.7 Å². The molecule has 1 atom stereocenters. The number of amides is 1. The van der Waals surface area contributed by atoms with Crippen molar-refractivity contribution < 1.29 is 14.7 Å². The molecule has 18 heavy (non-hydrogen) atoms. The van der Waals surface area contributed by atoms with Gasteiger partial charge in [0.2, 0.25) is 6.41 Å². The Morgan fingerprint density at radius 2 is 1.83 bits per heavy atom. The first-order chi connectivity index (χ1) is 8.42. The van der Waals surface area contributed by atoms with Gasteiger partial charge in [-0.15, -0.1) is 0 Å². The summed E-state index contributed by atoms with van der Waals surface area (Å²) in [5, 5.41) is 9.38. The third-order valence-corrected chi connectivity index (χ3v) is 3.08. The number of hydrogen-bond acceptors (Lipinski definition) is 2. The summed E-state index contributed by atoms with van der Waals surface area (Å²) in [6.07, 6.45) is 0.595. The number of aryl methyl sites for hydroxylation is 3. The summed E-state index contributed by atoms with van der Waals surface area (Å²) >= 11 is 0. The molecule has 98 valence electrons. The number of hydrogen-bond donors (Lipinski definition) is 1. The van der Waals surface area contributed by atoms with Crippen molar-refractivity contribution in [3.8, 4) is 0 Å². The van der Waals surface area contributed by atoms with E-state index in [1.807, 2.05) is 32.9 Å². The van der Waals surface area contributed by atoms with E-state index >= 15 is 0 Å². The first-order valence-electron chi connectivity index (χ1n) is 5.94. The molecule has 1 unspecified atom stereocenters. The van der Waals surface area contributed by atoms with Crippen LogP contribution in [0.3, 0.4) is 0 Å². The lowest BCUT2D eigenvalue weighted by atomic mass is 9.93. The van der Waals surface area contributed by atoms with Gasteiger partial charge in [-0.1, -0.05) is 17.7 Å². The van der Waals surface area contributed by atoms with E-state index in [1.54, 1.807) is 6.92 Å². The molecule has 0 aliphatic rings. The normalized spacial score (nSPS) is 12.0.